The van der Waals surface area contributed by atoms with Crippen LogP contribution in [-0.2, 0) is 19.2 Å². The van der Waals surface area contributed by atoms with Gasteiger partial charge in [0.05, 0.1) is 6.54 Å². The minimum absolute atomic E-state index is 0.337. The van der Waals surface area contributed by atoms with Gasteiger partial charge < -0.3 is 21.1 Å². The second kappa shape index (κ2) is 7.20. The van der Waals surface area contributed by atoms with Crippen LogP contribution in [0, 0.1) is 0 Å². The van der Waals surface area contributed by atoms with Gasteiger partial charge in [-0.2, -0.15) is 0 Å². The van der Waals surface area contributed by atoms with Crippen LogP contribution in [0.15, 0.2) is 0 Å². The van der Waals surface area contributed by atoms with E-state index >= 15 is 0 Å². The lowest BCUT2D eigenvalue weighted by Gasteiger charge is -2.12. The number of nitrogens with one attached hydrogen (secondary N) is 3. The Balaban J connectivity index is 3.87. The van der Waals surface area contributed by atoms with Crippen LogP contribution >= 0.6 is 0 Å². The topological polar surface area (TPSA) is 125 Å². The molecular weight excluding hydrogens is 230 g/mol. The fourth-order valence-electron chi connectivity index (χ4n) is 0.928. The van der Waals surface area contributed by atoms with E-state index < -0.39 is 30.4 Å². The first-order chi connectivity index (χ1) is 7.82. The van der Waals surface area contributed by atoms with Crippen LogP contribution in [0.4, 0.5) is 0 Å². The maximum atomic E-state index is 11.3. The Labute approximate surface area is 97.7 Å². The van der Waals surface area contributed by atoms with Gasteiger partial charge in [-0.25, -0.2) is 0 Å². The van der Waals surface area contributed by atoms with E-state index in [2.05, 4.69) is 16.0 Å². The van der Waals surface area contributed by atoms with E-state index in [0.29, 0.717) is 0 Å². The standard InChI is InChI=1S/C9H15N3O5/c1-5(12-6(2)13)9(17)11-3-7(14)10-4-8(15)16/h5H,3-4H2,1-2H3,(H,10,14)(H,11,17)(H,12,13)(H,15,16)/t5-/m0/s1. The minimum Gasteiger partial charge on any atom is -0.480 e. The third-order valence-electron chi connectivity index (χ3n) is 1.67. The fraction of sp³-hybridized carbons (Fsp3) is 0.556. The zero-order chi connectivity index (χ0) is 13.4. The summed E-state index contributed by atoms with van der Waals surface area (Å²) in [5.74, 6) is -2.67. The average Bonchev–Trinajstić information content (AvgIpc) is 2.21. The van der Waals surface area contributed by atoms with Crippen molar-refractivity contribution in [3.8, 4) is 0 Å². The number of hydrogen-bond acceptors (Lipinski definition) is 4. The number of rotatable bonds is 6. The van der Waals surface area contributed by atoms with Crippen LogP contribution in [0.3, 0.4) is 0 Å². The van der Waals surface area contributed by atoms with Crippen molar-refractivity contribution in [2.45, 2.75) is 19.9 Å². The lowest BCUT2D eigenvalue weighted by Crippen LogP contribution is -2.47. The number of carboxylic acid groups (broad SMARTS) is 1. The molecule has 0 saturated carbocycles. The summed E-state index contributed by atoms with van der Waals surface area (Å²) in [5, 5.41) is 14.9. The highest BCUT2D eigenvalue weighted by molar-refractivity contribution is 5.90. The van der Waals surface area contributed by atoms with Gasteiger partial charge in [0.1, 0.15) is 12.6 Å². The largest absolute Gasteiger partial charge is 0.480 e. The molecule has 8 heteroatoms. The highest BCUT2D eigenvalue weighted by Gasteiger charge is 2.14. The third kappa shape index (κ3) is 7.77. The smallest absolute Gasteiger partial charge is 0.322 e. The molecule has 0 heterocycles. The Kier molecular flexibility index (Phi) is 6.30. The van der Waals surface area contributed by atoms with Gasteiger partial charge in [-0.15, -0.1) is 0 Å². The molecule has 0 radical (unpaired) electrons. The van der Waals surface area contributed by atoms with Crippen molar-refractivity contribution in [1.29, 1.82) is 0 Å². The normalized spacial score (nSPS) is 11.2. The van der Waals surface area contributed by atoms with E-state index in [-0.39, 0.29) is 12.5 Å². The van der Waals surface area contributed by atoms with Crippen LogP contribution < -0.4 is 16.0 Å². The summed E-state index contributed by atoms with van der Waals surface area (Å²) in [6, 6.07) is -0.750. The Hall–Kier alpha value is -2.12. The van der Waals surface area contributed by atoms with Gasteiger partial charge >= 0.3 is 5.97 Å². The van der Waals surface area contributed by atoms with Gasteiger partial charge in [-0.05, 0) is 6.92 Å². The van der Waals surface area contributed by atoms with Gasteiger partial charge in [-0.1, -0.05) is 0 Å². The molecule has 0 aromatic heterocycles. The summed E-state index contributed by atoms with van der Waals surface area (Å²) in [6.07, 6.45) is 0. The van der Waals surface area contributed by atoms with E-state index in [9.17, 15) is 19.2 Å². The predicted octanol–water partition coefficient (Wildman–Crippen LogP) is -2.17. The number of hydrogen-bond donors (Lipinski definition) is 4. The molecule has 1 atom stereocenters. The van der Waals surface area contributed by atoms with E-state index in [1.807, 2.05) is 0 Å². The summed E-state index contributed by atoms with van der Waals surface area (Å²) < 4.78 is 0. The van der Waals surface area contributed by atoms with Crippen molar-refractivity contribution in [1.82, 2.24) is 16.0 Å². The fourth-order valence-corrected chi connectivity index (χ4v) is 0.928. The van der Waals surface area contributed by atoms with Crippen LogP contribution in [0.25, 0.3) is 0 Å². The van der Waals surface area contributed by atoms with Gasteiger partial charge in [0.2, 0.25) is 17.7 Å². The molecule has 17 heavy (non-hydrogen) atoms. The molecule has 8 nitrogen and oxygen atoms in total. The van der Waals surface area contributed by atoms with E-state index in [1.165, 1.54) is 13.8 Å². The number of carbonyl (C=O) groups is 4. The van der Waals surface area contributed by atoms with Crippen molar-refractivity contribution in [3.63, 3.8) is 0 Å². The minimum atomic E-state index is -1.17. The second-order valence-electron chi connectivity index (χ2n) is 3.31. The van der Waals surface area contributed by atoms with E-state index in [4.69, 9.17) is 5.11 Å². The number of carbonyl (C=O) groups excluding carboxylic acids is 3. The highest BCUT2D eigenvalue weighted by atomic mass is 16.4. The first kappa shape index (κ1) is 14.9. The molecule has 0 fully saturated rings. The summed E-state index contributed by atoms with van der Waals surface area (Å²) in [6.45, 7) is 1.89. The SMILES string of the molecule is CC(=O)N[C@@H](C)C(=O)NCC(=O)NCC(=O)O. The lowest BCUT2D eigenvalue weighted by atomic mass is 10.3. The van der Waals surface area contributed by atoms with Gasteiger partial charge in [0.25, 0.3) is 0 Å². The van der Waals surface area contributed by atoms with Crippen molar-refractivity contribution in [2.24, 2.45) is 0 Å². The van der Waals surface area contributed by atoms with Crippen LogP contribution in [0.5, 0.6) is 0 Å². The zero-order valence-corrected chi connectivity index (χ0v) is 9.57. The van der Waals surface area contributed by atoms with Gasteiger partial charge in [-0.3, -0.25) is 19.2 Å². The highest BCUT2D eigenvalue weighted by Crippen LogP contribution is 1.81. The number of amides is 3. The third-order valence-corrected chi connectivity index (χ3v) is 1.67. The van der Waals surface area contributed by atoms with Crippen molar-refractivity contribution in [3.05, 3.63) is 0 Å². The molecule has 0 aliphatic rings. The summed E-state index contributed by atoms with van der Waals surface area (Å²) in [7, 11) is 0. The lowest BCUT2D eigenvalue weighted by molar-refractivity contribution is -0.138. The zero-order valence-electron chi connectivity index (χ0n) is 9.57. The van der Waals surface area contributed by atoms with E-state index in [0.717, 1.165) is 0 Å². The molecule has 0 aliphatic carbocycles. The molecule has 0 saturated heterocycles. The molecule has 0 unspecified atom stereocenters. The second-order valence-corrected chi connectivity index (χ2v) is 3.31. The average molecular weight is 245 g/mol. The summed E-state index contributed by atoms with van der Waals surface area (Å²) in [5.41, 5.74) is 0. The Morgan fingerprint density at radius 2 is 1.71 bits per heavy atom. The molecule has 3 amide bonds. The number of carboxylic acids is 1. The molecule has 96 valence electrons. The molecule has 0 aliphatic heterocycles. The summed E-state index contributed by atoms with van der Waals surface area (Å²) >= 11 is 0. The molecule has 0 spiro atoms. The quantitative estimate of drug-likeness (QED) is 0.424. The first-order valence-corrected chi connectivity index (χ1v) is 4.86. The van der Waals surface area contributed by atoms with Crippen molar-refractivity contribution in [2.75, 3.05) is 13.1 Å². The predicted molar refractivity (Wildman–Crippen MR) is 56.9 cm³/mol. The molecule has 0 bridgehead atoms. The molecule has 4 N–H and O–H groups in total. The molecule has 0 aromatic carbocycles. The molecule has 0 rings (SSSR count). The van der Waals surface area contributed by atoms with Crippen LogP contribution in [-0.4, -0.2) is 47.9 Å². The Morgan fingerprint density at radius 3 is 2.18 bits per heavy atom. The van der Waals surface area contributed by atoms with Crippen molar-refractivity contribution < 1.29 is 24.3 Å². The van der Waals surface area contributed by atoms with Gasteiger partial charge in [0, 0.05) is 6.92 Å². The van der Waals surface area contributed by atoms with Crippen molar-refractivity contribution >= 4 is 23.7 Å². The Morgan fingerprint density at radius 1 is 1.12 bits per heavy atom. The Bertz CT molecular complexity index is 329. The van der Waals surface area contributed by atoms with Crippen LogP contribution in [0.1, 0.15) is 13.8 Å². The maximum absolute atomic E-state index is 11.3. The molecule has 0 aromatic rings. The van der Waals surface area contributed by atoms with E-state index in [1.54, 1.807) is 0 Å². The molecular formula is C9H15N3O5. The number of aliphatic carboxylic acids is 1. The van der Waals surface area contributed by atoms with Crippen LogP contribution in [0.2, 0.25) is 0 Å². The van der Waals surface area contributed by atoms with Gasteiger partial charge in [0.15, 0.2) is 0 Å². The summed E-state index contributed by atoms with van der Waals surface area (Å²) in [4.78, 5) is 43.1. The maximum Gasteiger partial charge on any atom is 0.322 e. The first-order valence-electron chi connectivity index (χ1n) is 4.86. The monoisotopic (exact) mass is 245 g/mol.